The molecule has 2 aromatic rings. The summed E-state index contributed by atoms with van der Waals surface area (Å²) < 4.78 is 10.7. The number of nitro groups is 1. The Bertz CT molecular complexity index is 1050. The molecule has 1 atom stereocenters. The molecule has 2 aliphatic heterocycles. The highest BCUT2D eigenvalue weighted by Crippen LogP contribution is 2.33. The Morgan fingerprint density at radius 1 is 1.19 bits per heavy atom. The first kappa shape index (κ1) is 20.6. The molecule has 9 heteroatoms. The number of amides is 2. The lowest BCUT2D eigenvalue weighted by atomic mass is 10.1. The fourth-order valence-corrected chi connectivity index (χ4v) is 4.07. The van der Waals surface area contributed by atoms with E-state index in [1.807, 2.05) is 18.2 Å². The normalized spacial score (nSPS) is 17.0. The molecular weight excluding hydrogens is 402 g/mol. The Morgan fingerprint density at radius 2 is 1.97 bits per heavy atom. The molecule has 0 saturated carbocycles. The van der Waals surface area contributed by atoms with Gasteiger partial charge in [0, 0.05) is 37.3 Å². The fraction of sp³-hybridized carbons (Fsp3) is 0.364. The average molecular weight is 425 g/mol. The third-order valence-corrected chi connectivity index (χ3v) is 5.67. The topological polar surface area (TPSA) is 102 Å². The lowest BCUT2D eigenvalue weighted by Crippen LogP contribution is -2.46. The summed E-state index contributed by atoms with van der Waals surface area (Å²) in [6.07, 6.45) is 1.31. The molecule has 1 saturated heterocycles. The predicted octanol–water partition coefficient (Wildman–Crippen LogP) is 2.90. The molecule has 162 valence electrons. The minimum atomic E-state index is -0.554. The molecule has 9 nitrogen and oxygen atoms in total. The van der Waals surface area contributed by atoms with Crippen LogP contribution in [-0.4, -0.2) is 53.0 Å². The maximum atomic E-state index is 13.1. The third kappa shape index (κ3) is 4.03. The molecule has 0 N–H and O–H groups in total. The number of hydrogen-bond acceptors (Lipinski definition) is 6. The molecule has 0 spiro atoms. The van der Waals surface area contributed by atoms with E-state index in [1.54, 1.807) is 23.8 Å². The predicted molar refractivity (Wildman–Crippen MR) is 111 cm³/mol. The van der Waals surface area contributed by atoms with Crippen molar-refractivity contribution in [2.75, 3.05) is 20.4 Å². The Hall–Kier alpha value is -3.62. The molecule has 1 fully saturated rings. The van der Waals surface area contributed by atoms with Crippen molar-refractivity contribution in [1.82, 2.24) is 9.80 Å². The smallest absolute Gasteiger partial charge is 0.272 e. The minimum Gasteiger partial charge on any atom is -0.454 e. The van der Waals surface area contributed by atoms with Crippen LogP contribution in [0, 0.1) is 17.0 Å². The molecule has 2 heterocycles. The fourth-order valence-electron chi connectivity index (χ4n) is 4.07. The van der Waals surface area contributed by atoms with Gasteiger partial charge in [-0.25, -0.2) is 0 Å². The number of ether oxygens (including phenoxy) is 2. The summed E-state index contributed by atoms with van der Waals surface area (Å²) in [6.45, 7) is 2.64. The number of fused-ring (bicyclic) bond motifs is 1. The maximum absolute atomic E-state index is 13.1. The summed E-state index contributed by atoms with van der Waals surface area (Å²) >= 11 is 0. The van der Waals surface area contributed by atoms with Crippen LogP contribution in [0.15, 0.2) is 36.4 Å². The number of likely N-dealkylation sites (N-methyl/N-ethyl adjacent to an activating group) is 1. The molecule has 0 radical (unpaired) electrons. The van der Waals surface area contributed by atoms with Crippen molar-refractivity contribution >= 4 is 17.5 Å². The summed E-state index contributed by atoms with van der Waals surface area (Å²) in [5, 5.41) is 11.0. The van der Waals surface area contributed by atoms with Crippen LogP contribution in [0.2, 0.25) is 0 Å². The monoisotopic (exact) mass is 425 g/mol. The molecule has 0 bridgehead atoms. The maximum Gasteiger partial charge on any atom is 0.272 e. The largest absolute Gasteiger partial charge is 0.454 e. The van der Waals surface area contributed by atoms with Gasteiger partial charge in [0.05, 0.1) is 4.92 Å². The van der Waals surface area contributed by atoms with Gasteiger partial charge in [0.2, 0.25) is 12.7 Å². The molecule has 2 aromatic carbocycles. The van der Waals surface area contributed by atoms with E-state index in [4.69, 9.17) is 9.47 Å². The van der Waals surface area contributed by atoms with Crippen LogP contribution < -0.4 is 9.47 Å². The summed E-state index contributed by atoms with van der Waals surface area (Å²) in [4.78, 5) is 39.9. The summed E-state index contributed by atoms with van der Waals surface area (Å²) in [5.74, 6) is 0.917. The van der Waals surface area contributed by atoms with Crippen LogP contribution in [0.3, 0.4) is 0 Å². The zero-order valence-electron chi connectivity index (χ0n) is 17.4. The van der Waals surface area contributed by atoms with Crippen molar-refractivity contribution < 1.29 is 24.0 Å². The Labute approximate surface area is 179 Å². The van der Waals surface area contributed by atoms with Crippen LogP contribution in [0.5, 0.6) is 11.5 Å². The highest BCUT2D eigenvalue weighted by Gasteiger charge is 2.36. The Balaban J connectivity index is 1.47. The van der Waals surface area contributed by atoms with Crippen LogP contribution in [0.1, 0.15) is 34.3 Å². The zero-order valence-corrected chi connectivity index (χ0v) is 17.4. The molecule has 0 aliphatic carbocycles. The second-order valence-corrected chi connectivity index (χ2v) is 7.80. The number of aryl methyl sites for hydroxylation is 1. The van der Waals surface area contributed by atoms with E-state index in [1.165, 1.54) is 18.2 Å². The van der Waals surface area contributed by atoms with Crippen LogP contribution >= 0.6 is 0 Å². The number of nitrogens with zero attached hydrogens (tertiary/aromatic N) is 3. The second kappa shape index (κ2) is 8.25. The first-order valence-electron chi connectivity index (χ1n) is 10.0. The average Bonchev–Trinajstić information content (AvgIpc) is 3.41. The van der Waals surface area contributed by atoms with Gasteiger partial charge in [0.15, 0.2) is 11.5 Å². The number of rotatable bonds is 5. The molecule has 2 aliphatic rings. The van der Waals surface area contributed by atoms with Crippen LogP contribution in [0.25, 0.3) is 0 Å². The van der Waals surface area contributed by atoms with E-state index in [0.29, 0.717) is 42.1 Å². The lowest BCUT2D eigenvalue weighted by molar-refractivity contribution is -0.385. The van der Waals surface area contributed by atoms with Crippen molar-refractivity contribution in [3.8, 4) is 11.5 Å². The van der Waals surface area contributed by atoms with Gasteiger partial charge in [0.25, 0.3) is 11.6 Å². The SMILES string of the molecule is Cc1cc(C(=O)N2CCCC2C(=O)N(C)Cc2ccc3c(c2)OCO3)ccc1[N+](=O)[O-]. The number of hydrogen-bond donors (Lipinski definition) is 0. The second-order valence-electron chi connectivity index (χ2n) is 7.80. The highest BCUT2D eigenvalue weighted by molar-refractivity contribution is 5.98. The van der Waals surface area contributed by atoms with Crippen LogP contribution in [-0.2, 0) is 11.3 Å². The molecule has 4 rings (SSSR count). The van der Waals surface area contributed by atoms with Gasteiger partial charge in [-0.15, -0.1) is 0 Å². The van der Waals surface area contributed by atoms with E-state index >= 15 is 0 Å². The van der Waals surface area contributed by atoms with E-state index in [0.717, 1.165) is 12.0 Å². The number of nitro benzene ring substituents is 1. The Kier molecular flexibility index (Phi) is 5.50. The lowest BCUT2D eigenvalue weighted by Gasteiger charge is -2.28. The van der Waals surface area contributed by atoms with Crippen molar-refractivity contribution in [2.45, 2.75) is 32.4 Å². The molecule has 2 amide bonds. The van der Waals surface area contributed by atoms with Crippen molar-refractivity contribution in [2.24, 2.45) is 0 Å². The number of carbonyl (C=O) groups excluding carboxylic acids is 2. The number of benzene rings is 2. The van der Waals surface area contributed by atoms with Gasteiger partial charge in [-0.2, -0.15) is 0 Å². The van der Waals surface area contributed by atoms with Crippen molar-refractivity contribution in [3.63, 3.8) is 0 Å². The van der Waals surface area contributed by atoms with Crippen LogP contribution in [0.4, 0.5) is 5.69 Å². The molecule has 1 unspecified atom stereocenters. The van der Waals surface area contributed by atoms with Crippen molar-refractivity contribution in [3.05, 3.63) is 63.2 Å². The molecule has 0 aromatic heterocycles. The molecular formula is C22H23N3O6. The quantitative estimate of drug-likeness (QED) is 0.539. The first-order valence-corrected chi connectivity index (χ1v) is 10.0. The van der Waals surface area contributed by atoms with Gasteiger partial charge < -0.3 is 19.3 Å². The van der Waals surface area contributed by atoms with Gasteiger partial charge in [0.1, 0.15) is 6.04 Å². The van der Waals surface area contributed by atoms with Gasteiger partial charge >= 0.3 is 0 Å². The summed E-state index contributed by atoms with van der Waals surface area (Å²) in [5.41, 5.74) is 1.63. The van der Waals surface area contributed by atoms with E-state index in [9.17, 15) is 19.7 Å². The number of carbonyl (C=O) groups is 2. The Morgan fingerprint density at radius 3 is 2.71 bits per heavy atom. The van der Waals surface area contributed by atoms with Gasteiger partial charge in [-0.05, 0) is 49.6 Å². The minimum absolute atomic E-state index is 0.0333. The molecule has 31 heavy (non-hydrogen) atoms. The van der Waals surface area contributed by atoms with E-state index < -0.39 is 11.0 Å². The summed E-state index contributed by atoms with van der Waals surface area (Å²) in [7, 11) is 1.71. The third-order valence-electron chi connectivity index (χ3n) is 5.67. The van der Waals surface area contributed by atoms with Gasteiger partial charge in [-0.3, -0.25) is 19.7 Å². The number of likely N-dealkylation sites (tertiary alicyclic amines) is 1. The van der Waals surface area contributed by atoms with Crippen molar-refractivity contribution in [1.29, 1.82) is 0 Å². The highest BCUT2D eigenvalue weighted by atomic mass is 16.7. The summed E-state index contributed by atoms with van der Waals surface area (Å²) in [6, 6.07) is 9.29. The first-order chi connectivity index (χ1) is 14.8. The standard InChI is InChI=1S/C22H23N3O6/c1-14-10-16(6-7-17(14)25(28)29)21(26)24-9-3-4-18(24)22(27)23(2)12-15-5-8-19-20(11-15)31-13-30-19/h5-8,10-11,18H,3-4,9,12-13H2,1-2H3. The van der Waals surface area contributed by atoms with E-state index in [2.05, 4.69) is 0 Å². The zero-order chi connectivity index (χ0) is 22.1. The van der Waals surface area contributed by atoms with Gasteiger partial charge in [-0.1, -0.05) is 6.07 Å². The van der Waals surface area contributed by atoms with E-state index in [-0.39, 0.29) is 24.3 Å².